The summed E-state index contributed by atoms with van der Waals surface area (Å²) in [5, 5.41) is 3.66. The summed E-state index contributed by atoms with van der Waals surface area (Å²) in [5.74, 6) is 0.219. The van der Waals surface area contributed by atoms with Crippen molar-refractivity contribution in [3.8, 4) is 5.75 Å². The second kappa shape index (κ2) is 10.5. The van der Waals surface area contributed by atoms with E-state index in [9.17, 15) is 9.59 Å². The molecule has 0 radical (unpaired) electrons. The van der Waals surface area contributed by atoms with Crippen LogP contribution in [0, 0.1) is 6.92 Å². The van der Waals surface area contributed by atoms with Crippen LogP contribution < -0.4 is 10.1 Å². The number of hydrogen-bond acceptors (Lipinski definition) is 3. The predicted octanol–water partition coefficient (Wildman–Crippen LogP) is 4.50. The number of amides is 2. The van der Waals surface area contributed by atoms with Crippen molar-refractivity contribution in [1.82, 2.24) is 10.2 Å². The van der Waals surface area contributed by atoms with Gasteiger partial charge in [-0.3, -0.25) is 9.59 Å². The van der Waals surface area contributed by atoms with E-state index in [2.05, 4.69) is 5.32 Å². The molecule has 1 aliphatic carbocycles. The van der Waals surface area contributed by atoms with E-state index in [4.69, 9.17) is 16.3 Å². The molecule has 0 aromatic heterocycles. The van der Waals surface area contributed by atoms with Crippen molar-refractivity contribution in [2.75, 3.05) is 6.61 Å². The van der Waals surface area contributed by atoms with Gasteiger partial charge in [-0.05, 0) is 50.5 Å². The fourth-order valence-electron chi connectivity index (χ4n) is 3.65. The highest BCUT2D eigenvalue weighted by atomic mass is 35.5. The lowest BCUT2D eigenvalue weighted by molar-refractivity contribution is -0.142. The number of aryl methyl sites for hydroxylation is 1. The molecule has 1 N–H and O–H groups in total. The Kier molecular flexibility index (Phi) is 7.75. The maximum absolute atomic E-state index is 13.1. The smallest absolute Gasteiger partial charge is 0.261 e. The van der Waals surface area contributed by atoms with Gasteiger partial charge in [0.05, 0.1) is 0 Å². The van der Waals surface area contributed by atoms with Gasteiger partial charge in [0.1, 0.15) is 11.8 Å². The molecule has 1 aliphatic rings. The topological polar surface area (TPSA) is 58.6 Å². The van der Waals surface area contributed by atoms with Crippen LogP contribution in [0.3, 0.4) is 0 Å². The van der Waals surface area contributed by atoms with E-state index in [1.807, 2.05) is 49.4 Å². The minimum Gasteiger partial charge on any atom is -0.484 e. The lowest BCUT2D eigenvalue weighted by Gasteiger charge is -2.30. The summed E-state index contributed by atoms with van der Waals surface area (Å²) in [7, 11) is 0. The van der Waals surface area contributed by atoms with E-state index >= 15 is 0 Å². The summed E-state index contributed by atoms with van der Waals surface area (Å²) in [4.78, 5) is 27.5. The third kappa shape index (κ3) is 5.99. The molecule has 0 saturated heterocycles. The Morgan fingerprint density at radius 3 is 2.47 bits per heavy atom. The lowest BCUT2D eigenvalue weighted by Crippen LogP contribution is -2.50. The Labute approximate surface area is 183 Å². The van der Waals surface area contributed by atoms with Crippen molar-refractivity contribution in [2.24, 2.45) is 0 Å². The summed E-state index contributed by atoms with van der Waals surface area (Å²) in [5.41, 5.74) is 1.91. The van der Waals surface area contributed by atoms with Crippen LogP contribution in [-0.2, 0) is 16.1 Å². The molecule has 0 aliphatic heterocycles. The zero-order valence-electron chi connectivity index (χ0n) is 17.6. The van der Waals surface area contributed by atoms with Gasteiger partial charge in [-0.15, -0.1) is 0 Å². The van der Waals surface area contributed by atoms with Gasteiger partial charge in [0.2, 0.25) is 5.91 Å². The molecule has 1 atom stereocenters. The minimum atomic E-state index is -0.629. The van der Waals surface area contributed by atoms with Gasteiger partial charge in [0.15, 0.2) is 6.61 Å². The fourth-order valence-corrected chi connectivity index (χ4v) is 3.84. The first-order chi connectivity index (χ1) is 14.4. The molecule has 0 unspecified atom stereocenters. The van der Waals surface area contributed by atoms with Crippen molar-refractivity contribution in [1.29, 1.82) is 0 Å². The van der Waals surface area contributed by atoms with Gasteiger partial charge in [-0.2, -0.15) is 0 Å². The van der Waals surface area contributed by atoms with Gasteiger partial charge >= 0.3 is 0 Å². The van der Waals surface area contributed by atoms with Crippen LogP contribution in [0.5, 0.6) is 5.75 Å². The van der Waals surface area contributed by atoms with Crippen LogP contribution in [0.25, 0.3) is 0 Å². The van der Waals surface area contributed by atoms with E-state index in [0.29, 0.717) is 10.8 Å². The average Bonchev–Trinajstić information content (AvgIpc) is 3.25. The summed E-state index contributed by atoms with van der Waals surface area (Å²) >= 11 is 6.31. The van der Waals surface area contributed by atoms with Crippen molar-refractivity contribution >= 4 is 23.4 Å². The Morgan fingerprint density at radius 2 is 1.80 bits per heavy atom. The summed E-state index contributed by atoms with van der Waals surface area (Å²) < 4.78 is 5.68. The average molecular weight is 429 g/mol. The van der Waals surface area contributed by atoms with Crippen LogP contribution in [0.1, 0.15) is 43.7 Å². The van der Waals surface area contributed by atoms with Gasteiger partial charge < -0.3 is 15.0 Å². The zero-order valence-corrected chi connectivity index (χ0v) is 18.3. The normalized spacial score (nSPS) is 14.9. The highest BCUT2D eigenvalue weighted by Gasteiger charge is 2.29. The number of nitrogens with zero attached hydrogens (tertiary/aromatic N) is 1. The van der Waals surface area contributed by atoms with Crippen molar-refractivity contribution in [3.63, 3.8) is 0 Å². The third-order valence-electron chi connectivity index (χ3n) is 5.55. The first kappa shape index (κ1) is 22.2. The predicted molar refractivity (Wildman–Crippen MR) is 119 cm³/mol. The summed E-state index contributed by atoms with van der Waals surface area (Å²) in [6.07, 6.45) is 4.25. The molecule has 0 heterocycles. The van der Waals surface area contributed by atoms with Gasteiger partial charge in [0.25, 0.3) is 5.91 Å². The highest BCUT2D eigenvalue weighted by Crippen LogP contribution is 2.21. The largest absolute Gasteiger partial charge is 0.484 e. The molecule has 1 saturated carbocycles. The number of halogens is 1. The Balaban J connectivity index is 1.71. The summed E-state index contributed by atoms with van der Waals surface area (Å²) in [6.45, 7) is 3.85. The molecule has 0 bridgehead atoms. The minimum absolute atomic E-state index is 0.141. The molecule has 2 aromatic rings. The number of carbonyl (C=O) groups is 2. The molecule has 2 aromatic carbocycles. The van der Waals surface area contributed by atoms with Gasteiger partial charge in [0, 0.05) is 17.6 Å². The van der Waals surface area contributed by atoms with Crippen LogP contribution in [0.15, 0.2) is 48.5 Å². The standard InChI is InChI=1S/C24H29ClN2O3/c1-17-11-13-21(14-12-17)30-16-23(28)27(15-19-7-3-6-10-22(19)25)18(2)24(29)26-20-8-4-5-9-20/h3,6-7,10-14,18,20H,4-5,8-9,15-16H2,1-2H3,(H,26,29)/t18-/m1/s1. The Hall–Kier alpha value is -2.53. The second-order valence-electron chi connectivity index (χ2n) is 7.88. The number of carbonyl (C=O) groups excluding carboxylic acids is 2. The van der Waals surface area contributed by atoms with Gasteiger partial charge in [-0.1, -0.05) is 60.3 Å². The van der Waals surface area contributed by atoms with E-state index in [-0.39, 0.29) is 31.0 Å². The maximum Gasteiger partial charge on any atom is 0.261 e. The van der Waals surface area contributed by atoms with Crippen LogP contribution in [0.2, 0.25) is 5.02 Å². The van der Waals surface area contributed by atoms with Crippen molar-refractivity contribution < 1.29 is 14.3 Å². The van der Waals surface area contributed by atoms with Crippen molar-refractivity contribution in [2.45, 2.75) is 58.2 Å². The maximum atomic E-state index is 13.1. The Bertz CT molecular complexity index is 863. The first-order valence-corrected chi connectivity index (χ1v) is 10.8. The van der Waals surface area contributed by atoms with Gasteiger partial charge in [-0.25, -0.2) is 0 Å². The van der Waals surface area contributed by atoms with Crippen LogP contribution >= 0.6 is 11.6 Å². The molecular weight excluding hydrogens is 400 g/mol. The molecule has 2 amide bonds. The second-order valence-corrected chi connectivity index (χ2v) is 8.29. The monoisotopic (exact) mass is 428 g/mol. The third-order valence-corrected chi connectivity index (χ3v) is 5.92. The number of ether oxygens (including phenoxy) is 1. The lowest BCUT2D eigenvalue weighted by atomic mass is 10.1. The molecule has 0 spiro atoms. The molecule has 5 nitrogen and oxygen atoms in total. The van der Waals surface area contributed by atoms with Crippen LogP contribution in [-0.4, -0.2) is 35.4 Å². The fraction of sp³-hybridized carbons (Fsp3) is 0.417. The number of rotatable bonds is 8. The zero-order chi connectivity index (χ0) is 21.5. The summed E-state index contributed by atoms with van der Waals surface area (Å²) in [6, 6.07) is 14.4. The number of nitrogens with one attached hydrogen (secondary N) is 1. The molecule has 160 valence electrons. The highest BCUT2D eigenvalue weighted by molar-refractivity contribution is 6.31. The molecular formula is C24H29ClN2O3. The van der Waals surface area contributed by atoms with Crippen LogP contribution in [0.4, 0.5) is 0 Å². The van der Waals surface area contributed by atoms with E-state index in [0.717, 1.165) is 36.8 Å². The number of hydrogen-bond donors (Lipinski definition) is 1. The quantitative estimate of drug-likeness (QED) is 0.673. The van der Waals surface area contributed by atoms with E-state index in [1.165, 1.54) is 0 Å². The molecule has 6 heteroatoms. The Morgan fingerprint density at radius 1 is 1.13 bits per heavy atom. The number of benzene rings is 2. The molecule has 30 heavy (non-hydrogen) atoms. The molecule has 1 fully saturated rings. The van der Waals surface area contributed by atoms with Crippen molar-refractivity contribution in [3.05, 3.63) is 64.7 Å². The first-order valence-electron chi connectivity index (χ1n) is 10.5. The van der Waals surface area contributed by atoms with E-state index in [1.54, 1.807) is 17.9 Å². The molecule has 3 rings (SSSR count). The SMILES string of the molecule is Cc1ccc(OCC(=O)N(Cc2ccccc2Cl)[C@H](C)C(=O)NC2CCCC2)cc1. The van der Waals surface area contributed by atoms with E-state index < -0.39 is 6.04 Å².